The molecule has 0 fully saturated rings. The summed E-state index contributed by atoms with van der Waals surface area (Å²) in [6.45, 7) is 0.319. The maximum Gasteiger partial charge on any atom is 0.389 e. The van der Waals surface area contributed by atoms with E-state index in [4.69, 9.17) is 0 Å². The first kappa shape index (κ1) is 16.2. The van der Waals surface area contributed by atoms with Crippen LogP contribution in [0.4, 0.5) is 13.2 Å². The van der Waals surface area contributed by atoms with Gasteiger partial charge in [0.15, 0.2) is 0 Å². The Morgan fingerprint density at radius 3 is 2.25 bits per heavy atom. The van der Waals surface area contributed by atoms with E-state index in [0.717, 1.165) is 4.31 Å². The highest BCUT2D eigenvalue weighted by Crippen LogP contribution is 2.21. The Kier molecular flexibility index (Phi) is 6.88. The molecule has 0 aromatic heterocycles. The maximum atomic E-state index is 11.8. The molecular formula is C8H15BrF3NO2S. The van der Waals surface area contributed by atoms with E-state index < -0.39 is 28.4 Å². The Morgan fingerprint density at radius 2 is 1.81 bits per heavy atom. The predicted molar refractivity (Wildman–Crippen MR) is 60.1 cm³/mol. The highest BCUT2D eigenvalue weighted by molar-refractivity contribution is 9.09. The maximum absolute atomic E-state index is 11.8. The van der Waals surface area contributed by atoms with Gasteiger partial charge in [-0.3, -0.25) is 0 Å². The van der Waals surface area contributed by atoms with Crippen molar-refractivity contribution >= 4 is 26.0 Å². The Balaban J connectivity index is 4.05. The van der Waals surface area contributed by atoms with Gasteiger partial charge in [0.2, 0.25) is 10.0 Å². The number of halogens is 4. The minimum Gasteiger partial charge on any atom is -0.212 e. The van der Waals surface area contributed by atoms with Crippen molar-refractivity contribution in [3.8, 4) is 0 Å². The van der Waals surface area contributed by atoms with Crippen LogP contribution in [0.3, 0.4) is 0 Å². The normalized spacial score (nSPS) is 13.4. The highest BCUT2D eigenvalue weighted by atomic mass is 79.9. The van der Waals surface area contributed by atoms with E-state index >= 15 is 0 Å². The molecular weight excluding hydrogens is 311 g/mol. The fraction of sp³-hybridized carbons (Fsp3) is 1.00. The first-order valence-corrected chi connectivity index (χ1v) is 7.49. The Bertz CT molecular complexity index is 292. The van der Waals surface area contributed by atoms with Crippen molar-refractivity contribution < 1.29 is 21.6 Å². The Labute approximate surface area is 102 Å². The average Bonchev–Trinajstić information content (AvgIpc) is 2.11. The number of sulfonamides is 1. The van der Waals surface area contributed by atoms with E-state index in [1.165, 1.54) is 7.05 Å². The zero-order chi connectivity index (χ0) is 12.8. The summed E-state index contributed by atoms with van der Waals surface area (Å²) in [6.07, 6.45) is -5.10. The van der Waals surface area contributed by atoms with E-state index in [1.807, 2.05) is 0 Å². The van der Waals surface area contributed by atoms with Crippen LogP contribution >= 0.6 is 15.9 Å². The van der Waals surface area contributed by atoms with Crippen LogP contribution in [0.1, 0.15) is 19.3 Å². The number of hydrogen-bond acceptors (Lipinski definition) is 2. The van der Waals surface area contributed by atoms with Gasteiger partial charge in [-0.2, -0.15) is 13.2 Å². The van der Waals surface area contributed by atoms with Crippen molar-refractivity contribution in [2.45, 2.75) is 25.4 Å². The SMILES string of the molecule is CN(CCCBr)S(=O)(=O)CCCC(F)(F)F. The van der Waals surface area contributed by atoms with Crippen LogP contribution < -0.4 is 0 Å². The third-order valence-corrected chi connectivity index (χ3v) is 4.44. The van der Waals surface area contributed by atoms with Crippen LogP contribution in [0, 0.1) is 0 Å². The molecule has 16 heavy (non-hydrogen) atoms. The second-order valence-corrected chi connectivity index (χ2v) is 6.39. The summed E-state index contributed by atoms with van der Waals surface area (Å²) in [6, 6.07) is 0. The van der Waals surface area contributed by atoms with Gasteiger partial charge in [0.25, 0.3) is 0 Å². The summed E-state index contributed by atoms with van der Waals surface area (Å²) in [5, 5.41) is 0.662. The predicted octanol–water partition coefficient (Wildman–Crippen LogP) is 2.38. The Morgan fingerprint density at radius 1 is 1.25 bits per heavy atom. The third kappa shape index (κ3) is 7.45. The van der Waals surface area contributed by atoms with Crippen LogP contribution in [0.5, 0.6) is 0 Å². The number of rotatable bonds is 7. The number of alkyl halides is 4. The molecule has 0 atom stereocenters. The molecule has 0 spiro atoms. The van der Waals surface area contributed by atoms with Gasteiger partial charge in [-0.15, -0.1) is 0 Å². The largest absolute Gasteiger partial charge is 0.389 e. The molecule has 3 nitrogen and oxygen atoms in total. The quantitative estimate of drug-likeness (QED) is 0.674. The highest BCUT2D eigenvalue weighted by Gasteiger charge is 2.28. The van der Waals surface area contributed by atoms with Gasteiger partial charge in [-0.1, -0.05) is 15.9 Å². The second kappa shape index (κ2) is 6.80. The molecule has 0 N–H and O–H groups in total. The summed E-state index contributed by atoms with van der Waals surface area (Å²) in [5.74, 6) is -0.453. The minimum atomic E-state index is -4.29. The second-order valence-electron chi connectivity index (χ2n) is 3.40. The minimum absolute atomic E-state index is 0.319. The molecule has 0 saturated carbocycles. The molecule has 0 aliphatic heterocycles. The molecule has 98 valence electrons. The Hall–Kier alpha value is 0.180. The molecule has 0 rings (SSSR count). The van der Waals surface area contributed by atoms with Crippen molar-refractivity contribution in [1.29, 1.82) is 0 Å². The van der Waals surface area contributed by atoms with Gasteiger partial charge in [-0.05, 0) is 12.8 Å². The first-order valence-electron chi connectivity index (χ1n) is 4.76. The van der Waals surface area contributed by atoms with Gasteiger partial charge >= 0.3 is 6.18 Å². The molecule has 0 radical (unpaired) electrons. The van der Waals surface area contributed by atoms with Gasteiger partial charge < -0.3 is 0 Å². The molecule has 0 aromatic carbocycles. The van der Waals surface area contributed by atoms with Crippen molar-refractivity contribution in [2.24, 2.45) is 0 Å². The molecule has 0 bridgehead atoms. The van der Waals surface area contributed by atoms with Crippen molar-refractivity contribution in [1.82, 2.24) is 4.31 Å². The fourth-order valence-electron chi connectivity index (χ4n) is 1.03. The number of nitrogens with zero attached hydrogens (tertiary/aromatic N) is 1. The summed E-state index contributed by atoms with van der Waals surface area (Å²) < 4.78 is 59.5. The smallest absolute Gasteiger partial charge is 0.212 e. The zero-order valence-corrected chi connectivity index (χ0v) is 11.3. The average molecular weight is 326 g/mol. The van der Waals surface area contributed by atoms with Crippen molar-refractivity contribution in [2.75, 3.05) is 24.7 Å². The van der Waals surface area contributed by atoms with Crippen LogP contribution in [-0.4, -0.2) is 43.6 Å². The zero-order valence-electron chi connectivity index (χ0n) is 8.93. The van der Waals surface area contributed by atoms with E-state index in [0.29, 0.717) is 18.3 Å². The molecule has 0 saturated heterocycles. The lowest BCUT2D eigenvalue weighted by Gasteiger charge is -2.16. The summed E-state index contributed by atoms with van der Waals surface area (Å²) in [5.41, 5.74) is 0. The third-order valence-electron chi connectivity index (χ3n) is 1.94. The number of hydrogen-bond donors (Lipinski definition) is 0. The van der Waals surface area contributed by atoms with Gasteiger partial charge in [0, 0.05) is 25.3 Å². The molecule has 0 aliphatic carbocycles. The van der Waals surface area contributed by atoms with Crippen LogP contribution in [0.2, 0.25) is 0 Å². The van der Waals surface area contributed by atoms with Gasteiger partial charge in [0.1, 0.15) is 0 Å². The molecule has 0 heterocycles. The van der Waals surface area contributed by atoms with Gasteiger partial charge in [0.05, 0.1) is 5.75 Å². The molecule has 0 aliphatic rings. The van der Waals surface area contributed by atoms with Crippen LogP contribution in [-0.2, 0) is 10.0 Å². The molecule has 8 heteroatoms. The van der Waals surface area contributed by atoms with Crippen LogP contribution in [0.25, 0.3) is 0 Å². The molecule has 0 aromatic rings. The summed E-state index contributed by atoms with van der Waals surface area (Å²) in [7, 11) is -2.16. The van der Waals surface area contributed by atoms with E-state index in [2.05, 4.69) is 15.9 Å². The van der Waals surface area contributed by atoms with E-state index in [9.17, 15) is 21.6 Å². The summed E-state index contributed by atoms with van der Waals surface area (Å²) >= 11 is 3.15. The standard InChI is InChI=1S/C8H15BrF3NO2S/c1-13(6-3-5-9)16(14,15)7-2-4-8(10,11)12/h2-7H2,1H3. The molecule has 0 unspecified atom stereocenters. The lowest BCUT2D eigenvalue weighted by Crippen LogP contribution is -2.30. The van der Waals surface area contributed by atoms with E-state index in [1.54, 1.807) is 0 Å². The summed E-state index contributed by atoms with van der Waals surface area (Å²) in [4.78, 5) is 0. The lowest BCUT2D eigenvalue weighted by molar-refractivity contribution is -0.134. The topological polar surface area (TPSA) is 37.4 Å². The van der Waals surface area contributed by atoms with Crippen molar-refractivity contribution in [3.63, 3.8) is 0 Å². The fourth-order valence-corrected chi connectivity index (χ4v) is 2.51. The van der Waals surface area contributed by atoms with Crippen molar-refractivity contribution in [3.05, 3.63) is 0 Å². The molecule has 0 amide bonds. The van der Waals surface area contributed by atoms with E-state index in [-0.39, 0.29) is 6.42 Å². The monoisotopic (exact) mass is 325 g/mol. The first-order chi connectivity index (χ1) is 7.19. The van der Waals surface area contributed by atoms with Crippen LogP contribution in [0.15, 0.2) is 0 Å². The van der Waals surface area contributed by atoms with Gasteiger partial charge in [-0.25, -0.2) is 12.7 Å². The lowest BCUT2D eigenvalue weighted by atomic mass is 10.3.